The predicted molar refractivity (Wildman–Crippen MR) is 75.1 cm³/mol. The molecule has 0 bridgehead atoms. The summed E-state index contributed by atoms with van der Waals surface area (Å²) in [5, 5.41) is 8.94. The molecule has 0 saturated carbocycles. The molecule has 0 heterocycles. The largest absolute Gasteiger partial charge is 0.493 e. The molecule has 0 saturated heterocycles. The molecule has 0 aromatic heterocycles. The maximum absolute atomic E-state index is 10.9. The number of nitrogens with two attached hydrogens (primary N) is 1. The van der Waals surface area contributed by atoms with Gasteiger partial charge in [-0.1, -0.05) is 6.07 Å². The number of aliphatic carboxylic acids is 1. The van der Waals surface area contributed by atoms with Crippen LogP contribution in [0.1, 0.15) is 20.3 Å². The number of hydrogen-bond acceptors (Lipinski definition) is 4. The third-order valence-corrected chi connectivity index (χ3v) is 3.78. The highest BCUT2D eigenvalue weighted by Crippen LogP contribution is 2.25. The summed E-state index contributed by atoms with van der Waals surface area (Å²) in [7, 11) is 0. The van der Waals surface area contributed by atoms with Crippen molar-refractivity contribution in [3.63, 3.8) is 0 Å². The van der Waals surface area contributed by atoms with Crippen molar-refractivity contribution in [2.24, 2.45) is 0 Å². The van der Waals surface area contributed by atoms with Crippen molar-refractivity contribution in [2.75, 3.05) is 18.1 Å². The lowest BCUT2D eigenvalue weighted by Crippen LogP contribution is -2.27. The number of nitrogen functional groups attached to an aromatic ring is 1. The standard InChI is InChI=1S/C13H19NO3S/c1-13(2,12(15)16)18-8-4-7-17-11-6-3-5-10(14)9-11/h3,5-6,9H,4,7-8,14H2,1-2H3,(H,15,16). The van der Waals surface area contributed by atoms with E-state index in [0.717, 1.165) is 17.9 Å². The van der Waals surface area contributed by atoms with Crippen molar-refractivity contribution in [2.45, 2.75) is 25.0 Å². The van der Waals surface area contributed by atoms with Crippen LogP contribution in [-0.4, -0.2) is 28.2 Å². The Morgan fingerprint density at radius 2 is 2.22 bits per heavy atom. The summed E-state index contributed by atoms with van der Waals surface area (Å²) in [6.07, 6.45) is 0.802. The summed E-state index contributed by atoms with van der Waals surface area (Å²) < 4.78 is 4.78. The van der Waals surface area contributed by atoms with E-state index in [4.69, 9.17) is 15.6 Å². The van der Waals surface area contributed by atoms with Gasteiger partial charge in [0.05, 0.1) is 6.61 Å². The van der Waals surface area contributed by atoms with Crippen LogP contribution in [0, 0.1) is 0 Å². The zero-order valence-corrected chi connectivity index (χ0v) is 11.5. The molecule has 0 aliphatic rings. The molecule has 0 spiro atoms. The number of benzene rings is 1. The predicted octanol–water partition coefficient (Wildman–Crippen LogP) is 2.63. The molecule has 0 amide bonds. The van der Waals surface area contributed by atoms with E-state index in [1.165, 1.54) is 11.8 Å². The van der Waals surface area contributed by atoms with Crippen LogP contribution < -0.4 is 10.5 Å². The molecule has 0 radical (unpaired) electrons. The van der Waals surface area contributed by atoms with Crippen molar-refractivity contribution in [1.29, 1.82) is 0 Å². The maximum atomic E-state index is 10.9. The van der Waals surface area contributed by atoms with Crippen LogP contribution in [0.5, 0.6) is 5.75 Å². The van der Waals surface area contributed by atoms with Gasteiger partial charge in [-0.25, -0.2) is 0 Å². The van der Waals surface area contributed by atoms with Gasteiger partial charge in [-0.15, -0.1) is 11.8 Å². The van der Waals surface area contributed by atoms with E-state index in [1.54, 1.807) is 26.0 Å². The quantitative estimate of drug-likeness (QED) is 0.588. The first-order chi connectivity index (χ1) is 8.42. The molecule has 18 heavy (non-hydrogen) atoms. The van der Waals surface area contributed by atoms with Gasteiger partial charge >= 0.3 is 5.97 Å². The third-order valence-electron chi connectivity index (χ3n) is 2.39. The molecule has 0 fully saturated rings. The highest BCUT2D eigenvalue weighted by molar-refractivity contribution is 8.01. The molecule has 1 rings (SSSR count). The molecule has 0 aliphatic carbocycles. The SMILES string of the molecule is CC(C)(SCCCOc1cccc(N)c1)C(=O)O. The van der Waals surface area contributed by atoms with E-state index in [9.17, 15) is 4.79 Å². The second-order valence-corrected chi connectivity index (χ2v) is 6.16. The Kier molecular flexibility index (Phi) is 5.34. The van der Waals surface area contributed by atoms with Crippen molar-refractivity contribution < 1.29 is 14.6 Å². The van der Waals surface area contributed by atoms with Gasteiger partial charge in [-0.05, 0) is 38.2 Å². The van der Waals surface area contributed by atoms with Crippen molar-refractivity contribution >= 4 is 23.4 Å². The van der Waals surface area contributed by atoms with E-state index in [-0.39, 0.29) is 0 Å². The summed E-state index contributed by atoms with van der Waals surface area (Å²) in [5.41, 5.74) is 6.30. The molecule has 5 heteroatoms. The second kappa shape index (κ2) is 6.54. The topological polar surface area (TPSA) is 72.5 Å². The normalized spacial score (nSPS) is 11.2. The average molecular weight is 269 g/mol. The minimum atomic E-state index is -0.788. The van der Waals surface area contributed by atoms with Crippen LogP contribution in [0.2, 0.25) is 0 Å². The van der Waals surface area contributed by atoms with Gasteiger partial charge in [0.2, 0.25) is 0 Å². The van der Waals surface area contributed by atoms with Crippen molar-refractivity contribution in [1.82, 2.24) is 0 Å². The monoisotopic (exact) mass is 269 g/mol. The lowest BCUT2D eigenvalue weighted by atomic mass is 10.2. The fourth-order valence-corrected chi connectivity index (χ4v) is 2.14. The number of hydrogen-bond donors (Lipinski definition) is 2. The molecule has 0 atom stereocenters. The Labute approximate surface area is 112 Å². The van der Waals surface area contributed by atoms with Gasteiger partial charge in [0.1, 0.15) is 10.5 Å². The van der Waals surface area contributed by atoms with E-state index >= 15 is 0 Å². The van der Waals surface area contributed by atoms with Gasteiger partial charge in [0.15, 0.2) is 0 Å². The average Bonchev–Trinajstić information content (AvgIpc) is 2.28. The fourth-order valence-electron chi connectivity index (χ4n) is 1.24. The Hall–Kier alpha value is -1.36. The van der Waals surface area contributed by atoms with Crippen LogP contribution in [0.25, 0.3) is 0 Å². The summed E-state index contributed by atoms with van der Waals surface area (Å²) in [4.78, 5) is 10.9. The van der Waals surface area contributed by atoms with Crippen LogP contribution in [0.3, 0.4) is 0 Å². The third kappa shape index (κ3) is 4.87. The number of thioether (sulfide) groups is 1. The lowest BCUT2D eigenvalue weighted by Gasteiger charge is -2.18. The number of rotatable bonds is 7. The number of carbonyl (C=O) groups is 1. The number of anilines is 1. The van der Waals surface area contributed by atoms with Gasteiger partial charge in [-0.3, -0.25) is 4.79 Å². The molecule has 0 unspecified atom stereocenters. The highest BCUT2D eigenvalue weighted by Gasteiger charge is 2.26. The molecule has 3 N–H and O–H groups in total. The van der Waals surface area contributed by atoms with Crippen LogP contribution in [0.15, 0.2) is 24.3 Å². The van der Waals surface area contributed by atoms with Crippen molar-refractivity contribution in [3.8, 4) is 5.75 Å². The van der Waals surface area contributed by atoms with Crippen LogP contribution >= 0.6 is 11.8 Å². The van der Waals surface area contributed by atoms with Gasteiger partial charge in [0.25, 0.3) is 0 Å². The minimum Gasteiger partial charge on any atom is -0.493 e. The number of carboxylic acid groups (broad SMARTS) is 1. The summed E-state index contributed by atoms with van der Waals surface area (Å²) in [6.45, 7) is 3.98. The highest BCUT2D eigenvalue weighted by atomic mass is 32.2. The van der Waals surface area contributed by atoms with Crippen LogP contribution in [-0.2, 0) is 4.79 Å². The zero-order chi connectivity index (χ0) is 13.6. The van der Waals surface area contributed by atoms with E-state index in [1.807, 2.05) is 12.1 Å². The van der Waals surface area contributed by atoms with E-state index < -0.39 is 10.7 Å². The molecule has 1 aromatic carbocycles. The molecule has 4 nitrogen and oxygen atoms in total. The maximum Gasteiger partial charge on any atom is 0.319 e. The first kappa shape index (κ1) is 14.7. The molecule has 100 valence electrons. The van der Waals surface area contributed by atoms with Crippen molar-refractivity contribution in [3.05, 3.63) is 24.3 Å². The molecular weight excluding hydrogens is 250 g/mol. The number of ether oxygens (including phenoxy) is 1. The molecule has 1 aromatic rings. The lowest BCUT2D eigenvalue weighted by molar-refractivity contribution is -0.138. The van der Waals surface area contributed by atoms with Gasteiger partial charge < -0.3 is 15.6 Å². The minimum absolute atomic E-state index is 0.562. The Morgan fingerprint density at radius 3 is 2.83 bits per heavy atom. The molecule has 0 aliphatic heterocycles. The smallest absolute Gasteiger partial charge is 0.319 e. The Balaban J connectivity index is 2.22. The van der Waals surface area contributed by atoms with Crippen LogP contribution in [0.4, 0.5) is 5.69 Å². The fraction of sp³-hybridized carbons (Fsp3) is 0.462. The van der Waals surface area contributed by atoms with Gasteiger partial charge in [-0.2, -0.15) is 0 Å². The van der Waals surface area contributed by atoms with E-state index in [0.29, 0.717) is 12.3 Å². The second-order valence-electron chi connectivity index (χ2n) is 4.44. The summed E-state index contributed by atoms with van der Waals surface area (Å²) in [5.74, 6) is 0.712. The Morgan fingerprint density at radius 1 is 1.50 bits per heavy atom. The summed E-state index contributed by atoms with van der Waals surface area (Å²) >= 11 is 1.42. The number of carboxylic acids is 1. The summed E-state index contributed by atoms with van der Waals surface area (Å²) in [6, 6.07) is 7.27. The van der Waals surface area contributed by atoms with Gasteiger partial charge in [0, 0.05) is 11.8 Å². The first-order valence-corrected chi connectivity index (χ1v) is 6.76. The van der Waals surface area contributed by atoms with E-state index in [2.05, 4.69) is 0 Å². The Bertz CT molecular complexity index is 407. The molecular formula is C13H19NO3S. The zero-order valence-electron chi connectivity index (χ0n) is 10.7. The first-order valence-electron chi connectivity index (χ1n) is 5.77.